The number of amides is 2. The molecule has 3 aromatic rings. The lowest BCUT2D eigenvalue weighted by atomic mass is 10.2. The minimum Gasteiger partial charge on any atom is -0.394 e. The quantitative estimate of drug-likeness (QED) is 0.131. The van der Waals surface area contributed by atoms with Gasteiger partial charge in [0.05, 0.1) is 19.2 Å². The maximum absolute atomic E-state index is 12.6. The van der Waals surface area contributed by atoms with E-state index < -0.39 is 30.5 Å². The lowest BCUT2D eigenvalue weighted by Crippen LogP contribution is -2.52. The van der Waals surface area contributed by atoms with Gasteiger partial charge in [-0.2, -0.15) is 21.7 Å². The van der Waals surface area contributed by atoms with Crippen molar-refractivity contribution in [2.24, 2.45) is 5.73 Å². The summed E-state index contributed by atoms with van der Waals surface area (Å²) in [5, 5.41) is 17.9. The summed E-state index contributed by atoms with van der Waals surface area (Å²) >= 11 is 1.56. The third-order valence-electron chi connectivity index (χ3n) is 5.82. The van der Waals surface area contributed by atoms with Crippen LogP contribution in [0.25, 0.3) is 11.2 Å². The van der Waals surface area contributed by atoms with Crippen LogP contribution in [0.4, 0.5) is 17.5 Å². The highest BCUT2D eigenvalue weighted by Gasteiger charge is 2.23. The zero-order chi connectivity index (χ0) is 28.4. The summed E-state index contributed by atoms with van der Waals surface area (Å²) in [4.78, 5) is 49.0. The number of fused-ring (bicyclic) bond motifs is 1. The van der Waals surface area contributed by atoms with Crippen LogP contribution in [0.3, 0.4) is 0 Å². The van der Waals surface area contributed by atoms with E-state index in [0.717, 1.165) is 30.6 Å². The Bertz CT molecular complexity index is 1310. The van der Waals surface area contributed by atoms with Crippen molar-refractivity contribution in [3.63, 3.8) is 0 Å². The summed E-state index contributed by atoms with van der Waals surface area (Å²) in [5.74, 6) is 0.769. The minimum absolute atomic E-state index is 0.180. The van der Waals surface area contributed by atoms with E-state index in [-0.39, 0.29) is 18.1 Å². The van der Waals surface area contributed by atoms with Crippen molar-refractivity contribution in [3.8, 4) is 0 Å². The normalized spacial score (nSPS) is 12.7. The van der Waals surface area contributed by atoms with E-state index in [0.29, 0.717) is 35.1 Å². The van der Waals surface area contributed by atoms with Gasteiger partial charge in [-0.05, 0) is 36.3 Å². The lowest BCUT2D eigenvalue weighted by molar-refractivity contribution is -0.127. The molecule has 39 heavy (non-hydrogen) atoms. The van der Waals surface area contributed by atoms with Crippen molar-refractivity contribution in [1.82, 2.24) is 24.8 Å². The Morgan fingerprint density at radius 1 is 1.15 bits per heavy atom. The molecule has 2 atom stereocenters. The zero-order valence-corrected chi connectivity index (χ0v) is 23.0. The minimum atomic E-state index is -1.14. The summed E-state index contributed by atoms with van der Waals surface area (Å²) in [7, 11) is 0. The van der Waals surface area contributed by atoms with Crippen LogP contribution < -0.4 is 33.1 Å². The average Bonchev–Trinajstić information content (AvgIpc) is 3.23. The molecule has 0 unspecified atom stereocenters. The molecular formula is C25H37N9O4S. The molecule has 2 heterocycles. The van der Waals surface area contributed by atoms with Crippen LogP contribution in [0, 0.1) is 0 Å². The molecule has 0 aliphatic carbocycles. The largest absolute Gasteiger partial charge is 0.394 e. The van der Waals surface area contributed by atoms with Gasteiger partial charge in [0, 0.05) is 18.0 Å². The van der Waals surface area contributed by atoms with Gasteiger partial charge in [0.15, 0.2) is 11.5 Å². The monoisotopic (exact) mass is 559 g/mol. The summed E-state index contributed by atoms with van der Waals surface area (Å²) in [5.41, 5.74) is 13.5. The van der Waals surface area contributed by atoms with Gasteiger partial charge < -0.3 is 37.5 Å². The Kier molecular flexibility index (Phi) is 11.1. The number of aromatic amines is 1. The topological polar surface area (TPSA) is 206 Å². The fourth-order valence-corrected chi connectivity index (χ4v) is 4.52. The van der Waals surface area contributed by atoms with Gasteiger partial charge in [-0.3, -0.25) is 14.2 Å². The van der Waals surface area contributed by atoms with E-state index in [1.54, 1.807) is 36.0 Å². The molecule has 0 saturated carbocycles. The number of hydrogen-bond acceptors (Lipinski definition) is 10. The number of aromatic nitrogens is 4. The average molecular weight is 560 g/mol. The Labute approximate surface area is 230 Å². The standard InChI is InChI=1S/C25H37N9O4S/c1-3-5-10-28-24-32-20(27)19-21(33-24)34(25(38)31-19)12-15-6-8-16(9-7-15)29-23(37)18(13-35)30-22(36)17(26)14-39-11-4-2/h6-9,17-18,35H,3-5,10-14,26H2,1-2H3,(H,29,37)(H,30,36)(H,31,38)(H3,27,28,32,33)/t17-,18-/m0/s1. The number of aliphatic hydroxyl groups is 1. The number of aliphatic hydroxyl groups excluding tert-OH is 1. The first-order valence-corrected chi connectivity index (χ1v) is 14.1. The number of carbonyl (C=O) groups excluding carboxylic acids is 2. The fourth-order valence-electron chi connectivity index (χ4n) is 3.66. The number of unbranched alkanes of at least 4 members (excludes halogenated alkanes) is 1. The molecule has 212 valence electrons. The van der Waals surface area contributed by atoms with Crippen LogP contribution in [0.5, 0.6) is 0 Å². The van der Waals surface area contributed by atoms with Crippen LogP contribution in [0.1, 0.15) is 38.7 Å². The van der Waals surface area contributed by atoms with Crippen LogP contribution >= 0.6 is 11.8 Å². The molecule has 13 nitrogen and oxygen atoms in total. The predicted octanol–water partition coefficient (Wildman–Crippen LogP) is 0.848. The fraction of sp³-hybridized carbons (Fsp3) is 0.480. The van der Waals surface area contributed by atoms with Crippen LogP contribution in [0.2, 0.25) is 0 Å². The molecular weight excluding hydrogens is 522 g/mol. The van der Waals surface area contributed by atoms with Crippen molar-refractivity contribution in [2.75, 3.05) is 41.0 Å². The lowest BCUT2D eigenvalue weighted by Gasteiger charge is -2.19. The first kappa shape index (κ1) is 29.9. The first-order chi connectivity index (χ1) is 18.8. The Morgan fingerprint density at radius 2 is 1.90 bits per heavy atom. The van der Waals surface area contributed by atoms with Crippen molar-refractivity contribution < 1.29 is 14.7 Å². The molecule has 0 saturated heterocycles. The van der Waals surface area contributed by atoms with Crippen molar-refractivity contribution in [3.05, 3.63) is 40.3 Å². The van der Waals surface area contributed by atoms with E-state index in [9.17, 15) is 19.5 Å². The molecule has 9 N–H and O–H groups in total. The molecule has 2 amide bonds. The highest BCUT2D eigenvalue weighted by Crippen LogP contribution is 2.18. The number of hydrogen-bond donors (Lipinski definition) is 7. The van der Waals surface area contributed by atoms with E-state index in [1.807, 2.05) is 6.92 Å². The number of benzene rings is 1. The summed E-state index contributed by atoms with van der Waals surface area (Å²) < 4.78 is 1.46. The maximum Gasteiger partial charge on any atom is 0.328 e. The highest BCUT2D eigenvalue weighted by atomic mass is 32.2. The van der Waals surface area contributed by atoms with Gasteiger partial charge in [0.2, 0.25) is 17.8 Å². The number of carbonyl (C=O) groups is 2. The van der Waals surface area contributed by atoms with E-state index in [4.69, 9.17) is 11.5 Å². The molecule has 14 heteroatoms. The number of thioether (sulfide) groups is 1. The second kappa shape index (κ2) is 14.5. The molecule has 0 fully saturated rings. The van der Waals surface area contributed by atoms with Gasteiger partial charge in [-0.25, -0.2) is 4.79 Å². The molecule has 0 radical (unpaired) electrons. The second-order valence-corrected chi connectivity index (χ2v) is 10.2. The number of imidazole rings is 1. The Balaban J connectivity index is 1.65. The molecule has 3 rings (SSSR count). The highest BCUT2D eigenvalue weighted by molar-refractivity contribution is 7.99. The van der Waals surface area contributed by atoms with Crippen LogP contribution in [-0.2, 0) is 16.1 Å². The van der Waals surface area contributed by atoms with Gasteiger partial charge >= 0.3 is 5.69 Å². The van der Waals surface area contributed by atoms with Gasteiger partial charge in [0.1, 0.15) is 11.6 Å². The van der Waals surface area contributed by atoms with E-state index in [1.165, 1.54) is 4.57 Å². The summed E-state index contributed by atoms with van der Waals surface area (Å²) in [6, 6.07) is 4.90. The number of rotatable bonds is 15. The van der Waals surface area contributed by atoms with E-state index in [2.05, 4.69) is 37.8 Å². The number of anilines is 3. The van der Waals surface area contributed by atoms with Crippen molar-refractivity contribution in [2.45, 2.75) is 51.7 Å². The molecule has 2 aromatic heterocycles. The number of H-pyrrole nitrogens is 1. The predicted molar refractivity (Wildman–Crippen MR) is 155 cm³/mol. The van der Waals surface area contributed by atoms with Crippen molar-refractivity contribution in [1.29, 1.82) is 0 Å². The Hall–Kier alpha value is -3.62. The number of nitrogens with zero attached hydrogens (tertiary/aromatic N) is 3. The smallest absolute Gasteiger partial charge is 0.328 e. The summed E-state index contributed by atoms with van der Waals surface area (Å²) in [6.45, 7) is 4.44. The molecule has 0 aliphatic rings. The molecule has 0 bridgehead atoms. The zero-order valence-electron chi connectivity index (χ0n) is 22.2. The molecule has 1 aromatic carbocycles. The molecule has 0 aliphatic heterocycles. The van der Waals surface area contributed by atoms with E-state index >= 15 is 0 Å². The molecule has 0 spiro atoms. The van der Waals surface area contributed by atoms with Crippen LogP contribution in [0.15, 0.2) is 29.1 Å². The SMILES string of the molecule is CCCCNc1nc(N)c2[nH]c(=O)n(Cc3ccc(NC(=O)[C@H](CO)NC(=O)[C@@H](N)CSCCC)cc3)c2n1. The number of nitrogen functional groups attached to an aromatic ring is 1. The number of nitrogens with one attached hydrogen (secondary N) is 4. The summed E-state index contributed by atoms with van der Waals surface area (Å²) in [6.07, 6.45) is 2.93. The second-order valence-electron chi connectivity index (χ2n) is 9.04. The third kappa shape index (κ3) is 8.18. The third-order valence-corrected chi connectivity index (χ3v) is 7.12. The number of nitrogens with two attached hydrogens (primary N) is 2. The maximum atomic E-state index is 12.6. The van der Waals surface area contributed by atoms with Gasteiger partial charge in [0.25, 0.3) is 0 Å². The Morgan fingerprint density at radius 3 is 2.56 bits per heavy atom. The van der Waals surface area contributed by atoms with Crippen molar-refractivity contribution >= 4 is 52.2 Å². The van der Waals surface area contributed by atoms with Gasteiger partial charge in [-0.15, -0.1) is 0 Å². The first-order valence-electron chi connectivity index (χ1n) is 12.9. The van der Waals surface area contributed by atoms with Crippen LogP contribution in [-0.4, -0.2) is 73.2 Å². The van der Waals surface area contributed by atoms with Gasteiger partial charge in [-0.1, -0.05) is 32.4 Å².